The predicted octanol–water partition coefficient (Wildman–Crippen LogP) is 7.30. The van der Waals surface area contributed by atoms with E-state index in [-0.39, 0.29) is 0 Å². The molecule has 11 nitrogen and oxygen atoms in total. The van der Waals surface area contributed by atoms with Crippen LogP contribution in [0.4, 0.5) is 19.2 Å². The molecule has 0 aliphatic carbocycles. The highest BCUT2D eigenvalue weighted by atomic mass is 79.9. The molecule has 5 aromatic carbocycles. The fourth-order valence-corrected chi connectivity index (χ4v) is 4.23. The Balaban J connectivity index is 0.000000254. The van der Waals surface area contributed by atoms with Crippen LogP contribution in [0.3, 0.4) is 0 Å². The summed E-state index contributed by atoms with van der Waals surface area (Å²) in [5.74, 6) is 0. The van der Waals surface area contributed by atoms with Gasteiger partial charge in [0.2, 0.25) is 0 Å². The zero-order valence-electron chi connectivity index (χ0n) is 18.0. The third-order valence-electron chi connectivity index (χ3n) is 4.63. The van der Waals surface area contributed by atoms with Crippen molar-refractivity contribution in [3.8, 4) is 0 Å². The summed E-state index contributed by atoms with van der Waals surface area (Å²) in [4.78, 5) is 35.5. The molecule has 6 N–H and O–H groups in total. The van der Waals surface area contributed by atoms with Crippen molar-refractivity contribution in [3.05, 3.63) is 71.2 Å². The molecule has 0 atom stereocenters. The van der Waals surface area contributed by atoms with Gasteiger partial charge in [0.05, 0.1) is 0 Å². The maximum Gasteiger partial charge on any atom is 0.516 e. The van der Waals surface area contributed by atoms with Crippen LogP contribution >= 0.6 is 15.9 Å². The van der Waals surface area contributed by atoms with E-state index in [4.69, 9.17) is 40.2 Å². The average Bonchev–Trinajstić information content (AvgIpc) is 2.77. The summed E-state index contributed by atoms with van der Waals surface area (Å²) in [5.41, 5.74) is 0. The van der Waals surface area contributed by atoms with E-state index in [1.807, 2.05) is 0 Å². The molecule has 5 aromatic rings. The first-order valence-electron chi connectivity index (χ1n) is 9.65. The summed E-state index contributed by atoms with van der Waals surface area (Å²) in [7, 11) is 0. The quantitative estimate of drug-likeness (QED) is 0.0479. The third-order valence-corrected chi connectivity index (χ3v) is 5.29. The Morgan fingerprint density at radius 2 is 0.917 bits per heavy atom. The normalized spacial score (nSPS) is 9.81. The zero-order valence-corrected chi connectivity index (χ0v) is 19.5. The first-order valence-corrected chi connectivity index (χ1v) is 10.4. The monoisotopic (exact) mass is 560 g/mol. The molecule has 12 heteroatoms. The minimum atomic E-state index is -1.83. The van der Waals surface area contributed by atoms with Gasteiger partial charge in [-0.3, -0.25) is 0 Å². The van der Waals surface area contributed by atoms with Crippen LogP contribution in [0.1, 0.15) is 0 Å². The van der Waals surface area contributed by atoms with Gasteiger partial charge in [0, 0.05) is 9.86 Å². The van der Waals surface area contributed by atoms with Gasteiger partial charge in [-0.05, 0) is 43.8 Å². The maximum absolute atomic E-state index is 9.21. The SMILES string of the molecule is Brc1ccc2cccc3c4cccc5cccc(c1c23)c54.O=C(O)O.O=C(O)O.O=C(O)OC(=O)O. The lowest BCUT2D eigenvalue weighted by Gasteiger charge is -2.15. The van der Waals surface area contributed by atoms with Crippen LogP contribution in [0.2, 0.25) is 0 Å². The summed E-state index contributed by atoms with van der Waals surface area (Å²) in [6, 6.07) is 24.1. The average molecular weight is 561 g/mol. The van der Waals surface area contributed by atoms with Crippen LogP contribution in [-0.4, -0.2) is 55.3 Å². The van der Waals surface area contributed by atoms with E-state index in [0.29, 0.717) is 0 Å². The first kappa shape index (κ1) is 27.4. The molecular formula is C24H17BrO11. The van der Waals surface area contributed by atoms with Crippen LogP contribution < -0.4 is 0 Å². The Bertz CT molecular complexity index is 1530. The third kappa shape index (κ3) is 6.84. The van der Waals surface area contributed by atoms with Crippen molar-refractivity contribution >= 4 is 83.6 Å². The minimum Gasteiger partial charge on any atom is -0.450 e. The van der Waals surface area contributed by atoms with Crippen molar-refractivity contribution in [1.82, 2.24) is 0 Å². The highest BCUT2D eigenvalue weighted by molar-refractivity contribution is 9.10. The van der Waals surface area contributed by atoms with Gasteiger partial charge in [-0.2, -0.15) is 0 Å². The number of ether oxygens (including phenoxy) is 1. The fourth-order valence-electron chi connectivity index (χ4n) is 3.69. The number of benzene rings is 5. The van der Waals surface area contributed by atoms with Crippen molar-refractivity contribution in [2.24, 2.45) is 0 Å². The summed E-state index contributed by atoms with van der Waals surface area (Å²) in [6.07, 6.45) is -7.29. The van der Waals surface area contributed by atoms with Gasteiger partial charge in [-0.15, -0.1) is 0 Å². The number of rotatable bonds is 0. The number of carbonyl (C=O) groups is 4. The molecule has 0 bridgehead atoms. The van der Waals surface area contributed by atoms with Gasteiger partial charge < -0.3 is 35.4 Å². The van der Waals surface area contributed by atoms with E-state index in [0.717, 1.165) is 0 Å². The van der Waals surface area contributed by atoms with Crippen molar-refractivity contribution in [2.45, 2.75) is 0 Å². The molecule has 5 rings (SSSR count). The second-order valence-corrected chi connectivity index (χ2v) is 7.59. The van der Waals surface area contributed by atoms with Crippen LogP contribution in [0.5, 0.6) is 0 Å². The van der Waals surface area contributed by atoms with Gasteiger partial charge >= 0.3 is 24.6 Å². The van der Waals surface area contributed by atoms with Crippen LogP contribution in [0, 0.1) is 0 Å². The van der Waals surface area contributed by atoms with Gasteiger partial charge in [0.25, 0.3) is 0 Å². The van der Waals surface area contributed by atoms with Crippen molar-refractivity contribution in [3.63, 3.8) is 0 Å². The van der Waals surface area contributed by atoms with Gasteiger partial charge in [-0.1, -0.05) is 76.6 Å². The van der Waals surface area contributed by atoms with E-state index in [2.05, 4.69) is 87.4 Å². The van der Waals surface area contributed by atoms with Crippen molar-refractivity contribution in [2.75, 3.05) is 0 Å². The number of carboxylic acid groups (broad SMARTS) is 6. The molecule has 36 heavy (non-hydrogen) atoms. The van der Waals surface area contributed by atoms with Crippen LogP contribution in [0.25, 0.3) is 43.1 Å². The highest BCUT2D eigenvalue weighted by Gasteiger charge is 2.13. The molecule has 0 spiro atoms. The molecular weight excluding hydrogens is 544 g/mol. The van der Waals surface area contributed by atoms with E-state index >= 15 is 0 Å². The molecule has 0 aliphatic heterocycles. The summed E-state index contributed by atoms with van der Waals surface area (Å²) in [5, 5.41) is 53.5. The molecule has 0 amide bonds. The van der Waals surface area contributed by atoms with E-state index < -0.39 is 24.6 Å². The second-order valence-electron chi connectivity index (χ2n) is 6.73. The van der Waals surface area contributed by atoms with E-state index in [1.165, 1.54) is 47.6 Å². The standard InChI is InChI=1S/C20H11Br.C2H2O5.2CH2O3/c21-17-11-10-13-6-2-8-15-14-7-1-4-12-5-3-9-16(18(12)14)20(17)19(13)15;3-1(4)7-2(5)6;2*2-1(3)4/h1-11H;(H,3,4)(H,5,6);2*(H2,2,3,4). The van der Waals surface area contributed by atoms with Crippen molar-refractivity contribution < 1.29 is 54.6 Å². The summed E-state index contributed by atoms with van der Waals surface area (Å²) < 4.78 is 4.25. The molecule has 0 heterocycles. The zero-order chi connectivity index (χ0) is 27.0. The topological polar surface area (TPSA) is 199 Å². The number of hydrogen-bond acceptors (Lipinski definition) is 5. The van der Waals surface area contributed by atoms with E-state index in [1.54, 1.807) is 0 Å². The molecule has 0 aromatic heterocycles. The lowest BCUT2D eigenvalue weighted by Crippen LogP contribution is -2.05. The highest BCUT2D eigenvalue weighted by Crippen LogP contribution is 2.42. The number of halogens is 1. The molecule has 186 valence electrons. The Morgan fingerprint density at radius 1 is 0.528 bits per heavy atom. The molecule has 0 radical (unpaired) electrons. The molecule has 0 saturated carbocycles. The van der Waals surface area contributed by atoms with Gasteiger partial charge in [-0.25, -0.2) is 19.2 Å². The second kappa shape index (κ2) is 12.0. The Hall–Kier alpha value is -4.84. The maximum atomic E-state index is 9.21. The van der Waals surface area contributed by atoms with Crippen molar-refractivity contribution in [1.29, 1.82) is 0 Å². The molecule has 0 aliphatic rings. The minimum absolute atomic E-state index is 1.17. The fraction of sp³-hybridized carbons (Fsp3) is 0. The molecule has 0 saturated heterocycles. The lowest BCUT2D eigenvalue weighted by molar-refractivity contribution is 0.0800. The van der Waals surface area contributed by atoms with Crippen LogP contribution in [0.15, 0.2) is 71.2 Å². The Kier molecular flexibility index (Phi) is 9.16. The summed E-state index contributed by atoms with van der Waals surface area (Å²) >= 11 is 3.76. The largest absolute Gasteiger partial charge is 0.516 e. The van der Waals surface area contributed by atoms with Crippen LogP contribution in [-0.2, 0) is 4.74 Å². The Labute approximate surface area is 209 Å². The molecule has 0 fully saturated rings. The number of hydrogen-bond donors (Lipinski definition) is 6. The lowest BCUT2D eigenvalue weighted by atomic mass is 9.90. The molecule has 0 unspecified atom stereocenters. The number of fused-ring (bicyclic) bond motifs is 2. The van der Waals surface area contributed by atoms with E-state index in [9.17, 15) is 9.59 Å². The first-order chi connectivity index (χ1) is 16.9. The smallest absolute Gasteiger partial charge is 0.450 e. The predicted molar refractivity (Wildman–Crippen MR) is 134 cm³/mol. The Morgan fingerprint density at radius 3 is 1.33 bits per heavy atom. The summed E-state index contributed by atoms with van der Waals surface area (Å²) in [6.45, 7) is 0. The van der Waals surface area contributed by atoms with Gasteiger partial charge in [0.1, 0.15) is 0 Å². The van der Waals surface area contributed by atoms with Gasteiger partial charge in [0.15, 0.2) is 0 Å².